The minimum atomic E-state index is -0.987. The van der Waals surface area contributed by atoms with Gasteiger partial charge in [0.1, 0.15) is 5.75 Å². The number of carbonyl (C=O) groups excluding carboxylic acids is 2. The van der Waals surface area contributed by atoms with Gasteiger partial charge in [-0.1, -0.05) is 30.7 Å². The first-order chi connectivity index (χ1) is 22.6. The van der Waals surface area contributed by atoms with E-state index in [4.69, 9.17) is 9.15 Å². The number of hydrogen-bond donors (Lipinski definition) is 2. The van der Waals surface area contributed by atoms with Crippen LogP contribution in [0.5, 0.6) is 5.75 Å². The van der Waals surface area contributed by atoms with Crippen molar-refractivity contribution in [3.8, 4) is 5.75 Å². The van der Waals surface area contributed by atoms with Crippen molar-refractivity contribution in [3.05, 3.63) is 101 Å². The number of piperazine rings is 1. The maximum atomic E-state index is 14.2. The Morgan fingerprint density at radius 3 is 2.49 bits per heavy atom. The van der Waals surface area contributed by atoms with Crippen molar-refractivity contribution >= 4 is 11.7 Å². The van der Waals surface area contributed by atoms with Gasteiger partial charge in [-0.15, -0.1) is 0 Å². The molecule has 1 saturated carbocycles. The number of carbonyl (C=O) groups is 2. The molecule has 2 bridgehead atoms. The summed E-state index contributed by atoms with van der Waals surface area (Å²) in [5, 5.41) is 23.6. The lowest BCUT2D eigenvalue weighted by atomic mass is 9.64. The van der Waals surface area contributed by atoms with E-state index in [0.29, 0.717) is 74.6 Å². The number of ether oxygens (including phenoxy) is 1. The van der Waals surface area contributed by atoms with Gasteiger partial charge in [0, 0.05) is 49.3 Å². The second-order valence-corrected chi connectivity index (χ2v) is 14.1. The number of methoxy groups -OCH3 is 1. The molecule has 2 heterocycles. The summed E-state index contributed by atoms with van der Waals surface area (Å²) in [4.78, 5) is 31.2. The van der Waals surface area contributed by atoms with Gasteiger partial charge in [0.05, 0.1) is 25.1 Å². The standard InChI is InChI=1S/C39H48N2O6/c1-27-6-4-17-38(2)34(16-18-39(38,45)26-40-19-21-41(22-20-40)37(44)35-7-5-23-47-35)32-15-9-28(24-30(42)12-8-27)25-33(32)36(43)29-10-13-31(46-3)14-11-29/h5-7,9-11,13-15,23,25,30,34,42,45H,4,8,12,16-22,24,26H2,1-3H3/t30-,34-,38-,39+/m0/s1. The number of ketones is 1. The number of hydrogen-bond acceptors (Lipinski definition) is 7. The van der Waals surface area contributed by atoms with Crippen molar-refractivity contribution in [1.82, 2.24) is 9.80 Å². The van der Waals surface area contributed by atoms with Gasteiger partial charge in [-0.3, -0.25) is 14.5 Å². The van der Waals surface area contributed by atoms with Gasteiger partial charge in [0.25, 0.3) is 5.91 Å². The van der Waals surface area contributed by atoms with Crippen LogP contribution in [0.4, 0.5) is 0 Å². The molecule has 2 N–H and O–H groups in total. The molecule has 4 atom stereocenters. The van der Waals surface area contributed by atoms with Crippen molar-refractivity contribution in [1.29, 1.82) is 0 Å². The summed E-state index contributed by atoms with van der Waals surface area (Å²) in [5.74, 6) is 0.849. The van der Waals surface area contributed by atoms with E-state index in [1.165, 1.54) is 11.8 Å². The van der Waals surface area contributed by atoms with Gasteiger partial charge >= 0.3 is 0 Å². The lowest BCUT2D eigenvalue weighted by Gasteiger charge is -2.47. The highest BCUT2D eigenvalue weighted by Crippen LogP contribution is 2.59. The molecule has 7 rings (SSSR count). The average Bonchev–Trinajstić information content (AvgIpc) is 3.70. The molecular formula is C39H48N2O6. The summed E-state index contributed by atoms with van der Waals surface area (Å²) in [5.41, 5.74) is 2.90. The highest BCUT2D eigenvalue weighted by Gasteiger charge is 2.57. The van der Waals surface area contributed by atoms with Crippen LogP contribution >= 0.6 is 0 Å². The lowest BCUT2D eigenvalue weighted by Crippen LogP contribution is -2.57. The van der Waals surface area contributed by atoms with Crippen LogP contribution in [0.2, 0.25) is 0 Å². The van der Waals surface area contributed by atoms with E-state index in [-0.39, 0.29) is 17.6 Å². The molecule has 3 aromatic rings. The predicted molar refractivity (Wildman–Crippen MR) is 181 cm³/mol. The van der Waals surface area contributed by atoms with Crippen molar-refractivity contribution in [2.45, 2.75) is 76.4 Å². The second-order valence-electron chi connectivity index (χ2n) is 14.1. The molecule has 47 heavy (non-hydrogen) atoms. The maximum Gasteiger partial charge on any atom is 0.289 e. The maximum absolute atomic E-state index is 14.2. The van der Waals surface area contributed by atoms with Crippen LogP contribution in [0, 0.1) is 5.41 Å². The summed E-state index contributed by atoms with van der Waals surface area (Å²) in [7, 11) is 1.61. The highest BCUT2D eigenvalue weighted by molar-refractivity contribution is 6.10. The van der Waals surface area contributed by atoms with Gasteiger partial charge in [0.2, 0.25) is 0 Å². The second kappa shape index (κ2) is 13.8. The molecule has 0 spiro atoms. The zero-order valence-corrected chi connectivity index (χ0v) is 27.9. The first-order valence-electron chi connectivity index (χ1n) is 17.0. The van der Waals surface area contributed by atoms with Crippen molar-refractivity contribution in [2.75, 3.05) is 39.8 Å². The van der Waals surface area contributed by atoms with Gasteiger partial charge in [-0.2, -0.15) is 0 Å². The Hall–Kier alpha value is -3.72. The molecule has 8 heteroatoms. The highest BCUT2D eigenvalue weighted by atomic mass is 16.5. The molecule has 0 radical (unpaired) electrons. The number of amides is 1. The Bertz CT molecular complexity index is 1590. The van der Waals surface area contributed by atoms with E-state index in [9.17, 15) is 19.8 Å². The number of furan rings is 1. The van der Waals surface area contributed by atoms with Crippen LogP contribution in [-0.2, 0) is 6.42 Å². The third-order valence-electron chi connectivity index (χ3n) is 11.1. The molecule has 8 nitrogen and oxygen atoms in total. The van der Waals surface area contributed by atoms with E-state index in [1.54, 1.807) is 31.4 Å². The van der Waals surface area contributed by atoms with E-state index >= 15 is 0 Å². The zero-order valence-electron chi connectivity index (χ0n) is 27.9. The molecule has 2 fully saturated rings. The van der Waals surface area contributed by atoms with Crippen molar-refractivity contribution in [3.63, 3.8) is 0 Å². The van der Waals surface area contributed by atoms with Crippen LogP contribution in [0.25, 0.3) is 0 Å². The van der Waals surface area contributed by atoms with Crippen LogP contribution in [0.3, 0.4) is 0 Å². The number of rotatable bonds is 6. The zero-order chi connectivity index (χ0) is 33.2. The summed E-state index contributed by atoms with van der Waals surface area (Å²) in [6.45, 7) is 7.35. The third kappa shape index (κ3) is 6.82. The van der Waals surface area contributed by atoms with Crippen molar-refractivity contribution < 1.29 is 29.0 Å². The lowest BCUT2D eigenvalue weighted by molar-refractivity contribution is -0.0876. The van der Waals surface area contributed by atoms with Gasteiger partial charge in [-0.05, 0) is 111 Å². The molecule has 3 aliphatic carbocycles. The van der Waals surface area contributed by atoms with Crippen LogP contribution in [0.1, 0.15) is 95.9 Å². The fraction of sp³-hybridized carbons (Fsp3) is 0.487. The quantitative estimate of drug-likeness (QED) is 0.251. The van der Waals surface area contributed by atoms with Crippen molar-refractivity contribution in [2.24, 2.45) is 5.41 Å². The molecule has 4 aliphatic rings. The largest absolute Gasteiger partial charge is 0.497 e. The number of aliphatic hydroxyl groups is 2. The SMILES string of the molecule is COc1ccc(C(=O)c2cc3ccc2[C@@H]2CC[C@@](O)(CN4CCN(C(=O)c5ccco5)CC4)[C@@]2(C)CCC=C(C)CC[C@H](O)C3)cc1. The summed E-state index contributed by atoms with van der Waals surface area (Å²) in [6, 6.07) is 16.8. The molecule has 1 aliphatic heterocycles. The number of allylic oxidation sites excluding steroid dienone is 2. The van der Waals surface area contributed by atoms with E-state index in [0.717, 1.165) is 36.8 Å². The number of aliphatic hydroxyl groups excluding tert-OH is 1. The summed E-state index contributed by atoms with van der Waals surface area (Å²) < 4.78 is 10.7. The van der Waals surface area contributed by atoms with E-state index in [2.05, 4.69) is 37.0 Å². The molecule has 1 amide bonds. The summed E-state index contributed by atoms with van der Waals surface area (Å²) >= 11 is 0. The number of fused-ring (bicyclic) bond motifs is 8. The fourth-order valence-corrected chi connectivity index (χ4v) is 8.13. The Labute approximate surface area is 278 Å². The minimum Gasteiger partial charge on any atom is -0.497 e. The molecule has 1 saturated heterocycles. The fourth-order valence-electron chi connectivity index (χ4n) is 8.13. The molecule has 250 valence electrons. The topological polar surface area (TPSA) is 103 Å². The first-order valence-corrected chi connectivity index (χ1v) is 17.0. The Morgan fingerprint density at radius 2 is 1.79 bits per heavy atom. The van der Waals surface area contributed by atoms with Crippen LogP contribution in [-0.4, -0.2) is 83.2 Å². The van der Waals surface area contributed by atoms with Gasteiger partial charge in [0.15, 0.2) is 11.5 Å². The molecule has 1 aromatic heterocycles. The van der Waals surface area contributed by atoms with Gasteiger partial charge in [-0.25, -0.2) is 0 Å². The third-order valence-corrected chi connectivity index (χ3v) is 11.1. The first kappa shape index (κ1) is 33.2. The Balaban J connectivity index is 1.32. The van der Waals surface area contributed by atoms with E-state index in [1.807, 2.05) is 23.1 Å². The number of β-amino-alcohol motifs (C(OH)–C–C–N with tert-alkyl or cyclic N) is 1. The van der Waals surface area contributed by atoms with E-state index < -0.39 is 17.1 Å². The summed E-state index contributed by atoms with van der Waals surface area (Å²) in [6.07, 6.45) is 8.20. The molecule has 2 aromatic carbocycles. The Kier molecular flexibility index (Phi) is 9.74. The normalized spacial score (nSPS) is 27.2. The average molecular weight is 641 g/mol. The number of nitrogens with zero attached hydrogens (tertiary/aromatic N) is 2. The molecular weight excluding hydrogens is 592 g/mol. The monoisotopic (exact) mass is 640 g/mol. The smallest absolute Gasteiger partial charge is 0.289 e. The molecule has 0 unspecified atom stereocenters. The number of benzene rings is 2. The van der Waals surface area contributed by atoms with Crippen LogP contribution in [0.15, 0.2) is 76.9 Å². The van der Waals surface area contributed by atoms with Crippen LogP contribution < -0.4 is 4.74 Å². The van der Waals surface area contributed by atoms with Gasteiger partial charge < -0.3 is 24.3 Å². The minimum absolute atomic E-state index is 0.0397. The predicted octanol–water partition coefficient (Wildman–Crippen LogP) is 6.02. The Morgan fingerprint density at radius 1 is 1.02 bits per heavy atom.